The number of hydrogen-bond donors (Lipinski definition) is 0. The smallest absolute Gasteiger partial charge is 0.228 e. The van der Waals surface area contributed by atoms with Gasteiger partial charge in [-0.25, -0.2) is 0 Å². The van der Waals surface area contributed by atoms with Gasteiger partial charge in [-0.1, -0.05) is 11.6 Å². The summed E-state index contributed by atoms with van der Waals surface area (Å²) >= 11 is 15.6. The quantitative estimate of drug-likeness (QED) is 0.721. The third-order valence-corrected chi connectivity index (χ3v) is 3.69. The van der Waals surface area contributed by atoms with E-state index in [-0.39, 0.29) is 11.3 Å². The Hall–Kier alpha value is -0.250. The lowest BCUT2D eigenvalue weighted by molar-refractivity contribution is -0.117. The van der Waals surface area contributed by atoms with Crippen LogP contribution in [0.3, 0.4) is 0 Å². The maximum atomic E-state index is 11.7. The molecular weight excluding hydrogens is 313 g/mol. The molecule has 1 aromatic rings. The van der Waals surface area contributed by atoms with E-state index in [2.05, 4.69) is 15.9 Å². The summed E-state index contributed by atoms with van der Waals surface area (Å²) in [6.45, 7) is 2.47. The molecule has 0 bridgehead atoms. The normalized spacial score (nSPS) is 20.6. The van der Waals surface area contributed by atoms with E-state index in [1.165, 1.54) is 0 Å². The molecule has 1 amide bonds. The Bertz CT molecular complexity index is 427. The fourth-order valence-electron chi connectivity index (χ4n) is 1.83. The molecule has 0 aromatic heterocycles. The summed E-state index contributed by atoms with van der Waals surface area (Å²) in [6.07, 6.45) is 0.373. The van der Waals surface area contributed by atoms with E-state index in [4.69, 9.17) is 23.2 Å². The van der Waals surface area contributed by atoms with Crippen LogP contribution in [0.15, 0.2) is 16.6 Å². The molecule has 1 aliphatic heterocycles. The van der Waals surface area contributed by atoms with Gasteiger partial charge in [-0.3, -0.25) is 4.79 Å². The zero-order valence-electron chi connectivity index (χ0n) is 8.64. The van der Waals surface area contributed by atoms with Crippen molar-refractivity contribution < 1.29 is 4.79 Å². The van der Waals surface area contributed by atoms with Gasteiger partial charge in [0.1, 0.15) is 0 Å². The number of amides is 1. The van der Waals surface area contributed by atoms with Crippen molar-refractivity contribution in [3.63, 3.8) is 0 Å². The Morgan fingerprint density at radius 1 is 1.50 bits per heavy atom. The van der Waals surface area contributed by atoms with E-state index < -0.39 is 0 Å². The molecule has 0 saturated carbocycles. The van der Waals surface area contributed by atoms with Gasteiger partial charge in [-0.2, -0.15) is 0 Å². The van der Waals surface area contributed by atoms with E-state index in [0.717, 1.165) is 15.7 Å². The van der Waals surface area contributed by atoms with Crippen molar-refractivity contribution in [2.75, 3.05) is 11.4 Å². The maximum absolute atomic E-state index is 11.7. The SMILES string of the molecule is Cc1cc(Cl)c(N2CC(Cl)CC2=O)c(Br)c1. The predicted molar refractivity (Wildman–Crippen MR) is 70.5 cm³/mol. The third-order valence-electron chi connectivity index (χ3n) is 2.51. The number of halogens is 3. The van der Waals surface area contributed by atoms with Crippen molar-refractivity contribution in [3.05, 3.63) is 27.2 Å². The number of anilines is 1. The Balaban J connectivity index is 2.44. The highest BCUT2D eigenvalue weighted by Crippen LogP contribution is 2.37. The second-order valence-corrected chi connectivity index (χ2v) is 5.76. The first-order chi connectivity index (χ1) is 7.49. The largest absolute Gasteiger partial charge is 0.308 e. The second-order valence-electron chi connectivity index (χ2n) is 3.88. The topological polar surface area (TPSA) is 20.3 Å². The molecule has 0 aliphatic carbocycles. The van der Waals surface area contributed by atoms with Crippen LogP contribution in [-0.2, 0) is 4.79 Å². The number of nitrogens with zero attached hydrogens (tertiary/aromatic N) is 1. The zero-order valence-corrected chi connectivity index (χ0v) is 11.7. The molecule has 1 heterocycles. The van der Waals surface area contributed by atoms with E-state index in [9.17, 15) is 4.79 Å². The number of rotatable bonds is 1. The lowest BCUT2D eigenvalue weighted by atomic mass is 10.2. The highest BCUT2D eigenvalue weighted by molar-refractivity contribution is 9.10. The van der Waals surface area contributed by atoms with E-state index >= 15 is 0 Å². The molecule has 2 rings (SSSR count). The lowest BCUT2D eigenvalue weighted by Gasteiger charge is -2.19. The highest BCUT2D eigenvalue weighted by Gasteiger charge is 2.31. The summed E-state index contributed by atoms with van der Waals surface area (Å²) in [4.78, 5) is 13.4. The Labute approximate surface area is 113 Å². The minimum Gasteiger partial charge on any atom is -0.308 e. The molecule has 2 nitrogen and oxygen atoms in total. The highest BCUT2D eigenvalue weighted by atomic mass is 79.9. The van der Waals surface area contributed by atoms with E-state index in [1.54, 1.807) is 4.90 Å². The van der Waals surface area contributed by atoms with Gasteiger partial charge in [-0.15, -0.1) is 11.6 Å². The lowest BCUT2D eigenvalue weighted by Crippen LogP contribution is -2.25. The van der Waals surface area contributed by atoms with Crippen LogP contribution < -0.4 is 4.90 Å². The number of aryl methyl sites for hydroxylation is 1. The minimum absolute atomic E-state index is 0.0199. The van der Waals surface area contributed by atoms with Gasteiger partial charge in [0.2, 0.25) is 5.91 Å². The van der Waals surface area contributed by atoms with E-state index in [0.29, 0.717) is 18.0 Å². The molecular formula is C11H10BrCl2NO. The standard InChI is InChI=1S/C11H10BrCl2NO/c1-6-2-8(12)11(9(14)3-6)15-5-7(13)4-10(15)16/h2-3,7H,4-5H2,1H3. The van der Waals surface area contributed by atoms with Crippen LogP contribution in [0.2, 0.25) is 5.02 Å². The van der Waals surface area contributed by atoms with Crippen LogP contribution in [0.5, 0.6) is 0 Å². The molecule has 1 fully saturated rings. The van der Waals surface area contributed by atoms with Crippen LogP contribution in [0.25, 0.3) is 0 Å². The van der Waals surface area contributed by atoms with Crippen molar-refractivity contribution in [3.8, 4) is 0 Å². The van der Waals surface area contributed by atoms with Crippen molar-refractivity contribution in [2.24, 2.45) is 0 Å². The van der Waals surface area contributed by atoms with Crippen LogP contribution in [-0.4, -0.2) is 17.8 Å². The fourth-order valence-corrected chi connectivity index (χ4v) is 3.38. The molecule has 1 atom stereocenters. The Morgan fingerprint density at radius 2 is 2.19 bits per heavy atom. The molecule has 0 spiro atoms. The number of hydrogen-bond acceptors (Lipinski definition) is 1. The number of carbonyl (C=O) groups is 1. The van der Waals surface area contributed by atoms with Crippen molar-refractivity contribution in [1.82, 2.24) is 0 Å². The number of carbonyl (C=O) groups excluding carboxylic acids is 1. The molecule has 1 saturated heterocycles. The van der Waals surface area contributed by atoms with Gasteiger partial charge in [0.05, 0.1) is 16.1 Å². The van der Waals surface area contributed by atoms with Crippen molar-refractivity contribution in [2.45, 2.75) is 18.7 Å². The van der Waals surface area contributed by atoms with Crippen LogP contribution >= 0.6 is 39.1 Å². The minimum atomic E-state index is -0.128. The van der Waals surface area contributed by atoms with Gasteiger partial charge in [0.25, 0.3) is 0 Å². The van der Waals surface area contributed by atoms with Crippen molar-refractivity contribution in [1.29, 1.82) is 0 Å². The molecule has 0 N–H and O–H groups in total. The van der Waals surface area contributed by atoms with Gasteiger partial charge in [-0.05, 0) is 40.5 Å². The second kappa shape index (κ2) is 4.55. The molecule has 5 heteroatoms. The van der Waals surface area contributed by atoms with Gasteiger partial charge < -0.3 is 4.90 Å². The monoisotopic (exact) mass is 321 g/mol. The number of benzene rings is 1. The summed E-state index contributed by atoms with van der Waals surface area (Å²) in [7, 11) is 0. The average Bonchev–Trinajstić information content (AvgIpc) is 2.43. The third kappa shape index (κ3) is 2.22. The Morgan fingerprint density at radius 3 is 2.69 bits per heavy atom. The van der Waals surface area contributed by atoms with Crippen molar-refractivity contribution >= 4 is 50.7 Å². The summed E-state index contributed by atoms with van der Waals surface area (Å²) < 4.78 is 0.830. The summed E-state index contributed by atoms with van der Waals surface area (Å²) in [5.41, 5.74) is 1.77. The number of alkyl halides is 1. The molecule has 86 valence electrons. The predicted octanol–water partition coefficient (Wildman–Crippen LogP) is 3.76. The molecule has 0 radical (unpaired) electrons. The average molecular weight is 323 g/mol. The van der Waals surface area contributed by atoms with Crippen LogP contribution in [0, 0.1) is 6.92 Å². The maximum Gasteiger partial charge on any atom is 0.228 e. The molecule has 1 aromatic carbocycles. The first kappa shape index (κ1) is 12.2. The van der Waals surface area contributed by atoms with Gasteiger partial charge in [0, 0.05) is 17.4 Å². The molecule has 1 aliphatic rings. The van der Waals surface area contributed by atoms with Crippen LogP contribution in [0.1, 0.15) is 12.0 Å². The zero-order chi connectivity index (χ0) is 11.9. The fraction of sp³-hybridized carbons (Fsp3) is 0.364. The van der Waals surface area contributed by atoms with Gasteiger partial charge in [0.15, 0.2) is 0 Å². The molecule has 1 unspecified atom stereocenters. The van der Waals surface area contributed by atoms with E-state index in [1.807, 2.05) is 19.1 Å². The Kier molecular flexibility index (Phi) is 3.48. The summed E-state index contributed by atoms with van der Waals surface area (Å²) in [5, 5.41) is 0.447. The van der Waals surface area contributed by atoms with Crippen LogP contribution in [0.4, 0.5) is 5.69 Å². The molecule has 16 heavy (non-hydrogen) atoms. The first-order valence-corrected chi connectivity index (χ1v) is 6.50. The van der Waals surface area contributed by atoms with Gasteiger partial charge >= 0.3 is 0 Å². The first-order valence-electron chi connectivity index (χ1n) is 4.89. The summed E-state index contributed by atoms with van der Waals surface area (Å²) in [6, 6.07) is 3.78. The summed E-state index contributed by atoms with van der Waals surface area (Å²) in [5.74, 6) is 0.0199.